The molecule has 0 aliphatic carbocycles. The van der Waals surface area contributed by atoms with Crippen molar-refractivity contribution in [2.75, 3.05) is 0 Å². The summed E-state index contributed by atoms with van der Waals surface area (Å²) in [6.07, 6.45) is 3.06. The van der Waals surface area contributed by atoms with Crippen molar-refractivity contribution in [1.29, 1.82) is 0 Å². The Labute approximate surface area is 121 Å². The summed E-state index contributed by atoms with van der Waals surface area (Å²) in [6.45, 7) is 3.99. The van der Waals surface area contributed by atoms with Gasteiger partial charge in [0, 0.05) is 23.1 Å². The molecule has 3 heterocycles. The molecule has 108 valence electrons. The fraction of sp³-hybridized carbons (Fsp3) is 0.333. The van der Waals surface area contributed by atoms with Crippen LogP contribution in [0.1, 0.15) is 30.8 Å². The van der Waals surface area contributed by atoms with E-state index in [1.54, 1.807) is 10.7 Å². The van der Waals surface area contributed by atoms with Crippen molar-refractivity contribution in [3.8, 4) is 0 Å². The largest absolute Gasteiger partial charge is 0.481 e. The molecule has 0 atom stereocenters. The zero-order valence-electron chi connectivity index (χ0n) is 12.0. The Bertz CT molecular complexity index is 838. The average molecular weight is 284 g/mol. The molecule has 0 unspecified atom stereocenters. The fourth-order valence-electron chi connectivity index (χ4n) is 2.70. The molecule has 0 saturated carbocycles. The number of aryl methyl sites for hydroxylation is 2. The van der Waals surface area contributed by atoms with Crippen molar-refractivity contribution < 1.29 is 9.90 Å². The second kappa shape index (κ2) is 5.12. The number of fused-ring (bicyclic) bond motifs is 3. The summed E-state index contributed by atoms with van der Waals surface area (Å²) in [6, 6.07) is 3.79. The molecule has 0 aliphatic heterocycles. The maximum Gasteiger partial charge on any atom is 0.307 e. The highest BCUT2D eigenvalue weighted by Gasteiger charge is 2.18. The molecule has 0 fully saturated rings. The number of hydrogen-bond donors (Lipinski definition) is 1. The molecule has 6 heteroatoms. The van der Waals surface area contributed by atoms with Gasteiger partial charge < -0.3 is 5.11 Å². The Balaban J connectivity index is 2.41. The quantitative estimate of drug-likeness (QED) is 0.793. The smallest absolute Gasteiger partial charge is 0.307 e. The Morgan fingerprint density at radius 1 is 1.33 bits per heavy atom. The fourth-order valence-corrected chi connectivity index (χ4v) is 2.70. The van der Waals surface area contributed by atoms with Gasteiger partial charge in [-0.25, -0.2) is 14.5 Å². The van der Waals surface area contributed by atoms with Crippen LogP contribution in [0.2, 0.25) is 0 Å². The lowest BCUT2D eigenvalue weighted by atomic mass is 10.0. The third-order valence-electron chi connectivity index (χ3n) is 3.61. The van der Waals surface area contributed by atoms with Gasteiger partial charge in [-0.2, -0.15) is 0 Å². The monoisotopic (exact) mass is 284 g/mol. The van der Waals surface area contributed by atoms with Gasteiger partial charge in [0.25, 0.3) is 0 Å². The molecular weight excluding hydrogens is 268 g/mol. The van der Waals surface area contributed by atoms with Gasteiger partial charge in [-0.05, 0) is 25.0 Å². The summed E-state index contributed by atoms with van der Waals surface area (Å²) in [4.78, 5) is 20.0. The van der Waals surface area contributed by atoms with Crippen LogP contribution < -0.4 is 0 Å². The summed E-state index contributed by atoms with van der Waals surface area (Å²) in [7, 11) is 0. The first-order valence-electron chi connectivity index (χ1n) is 7.01. The second-order valence-electron chi connectivity index (χ2n) is 4.87. The topological polar surface area (TPSA) is 80.4 Å². The van der Waals surface area contributed by atoms with Gasteiger partial charge in [-0.15, -0.1) is 5.10 Å². The minimum absolute atomic E-state index is 0.0288. The molecule has 0 aromatic carbocycles. The van der Waals surface area contributed by atoms with Gasteiger partial charge in [0.2, 0.25) is 0 Å². The Morgan fingerprint density at radius 3 is 2.81 bits per heavy atom. The molecule has 0 saturated heterocycles. The SMILES string of the molecule is CCc1nc2c3cccnc3nn2c(CC)c1CC(=O)O. The van der Waals surface area contributed by atoms with Crippen LogP contribution in [0, 0.1) is 0 Å². The molecule has 3 rings (SSSR count). The highest BCUT2D eigenvalue weighted by atomic mass is 16.4. The standard InChI is InChI=1S/C15H16N4O2/c1-3-11-10(8-13(20)21)12(4-2)19-15(17-11)9-6-5-7-16-14(9)18-19/h5-7H,3-4,8H2,1-2H3,(H,20,21). The molecule has 6 nitrogen and oxygen atoms in total. The van der Waals surface area contributed by atoms with E-state index in [2.05, 4.69) is 15.1 Å². The molecule has 3 aromatic rings. The highest BCUT2D eigenvalue weighted by molar-refractivity contribution is 5.89. The lowest BCUT2D eigenvalue weighted by Crippen LogP contribution is -2.13. The maximum atomic E-state index is 11.1. The number of nitrogens with zero attached hydrogens (tertiary/aromatic N) is 4. The Kier molecular flexibility index (Phi) is 3.29. The summed E-state index contributed by atoms with van der Waals surface area (Å²) in [5.41, 5.74) is 3.88. The van der Waals surface area contributed by atoms with Crippen LogP contribution in [-0.4, -0.2) is 30.7 Å². The third-order valence-corrected chi connectivity index (χ3v) is 3.61. The Morgan fingerprint density at radius 2 is 2.14 bits per heavy atom. The van der Waals surface area contributed by atoms with E-state index >= 15 is 0 Å². The molecule has 0 aliphatic rings. The predicted molar refractivity (Wildman–Crippen MR) is 78.4 cm³/mol. The van der Waals surface area contributed by atoms with Crippen molar-refractivity contribution in [1.82, 2.24) is 19.6 Å². The van der Waals surface area contributed by atoms with Crippen molar-refractivity contribution >= 4 is 22.6 Å². The van der Waals surface area contributed by atoms with Crippen molar-refractivity contribution in [2.45, 2.75) is 33.1 Å². The molecule has 0 bridgehead atoms. The number of rotatable bonds is 4. The number of pyridine rings is 1. The van der Waals surface area contributed by atoms with Gasteiger partial charge in [0.15, 0.2) is 11.3 Å². The number of aliphatic carboxylic acids is 1. The average Bonchev–Trinajstić information content (AvgIpc) is 2.84. The lowest BCUT2D eigenvalue weighted by molar-refractivity contribution is -0.136. The van der Waals surface area contributed by atoms with E-state index in [1.165, 1.54) is 0 Å². The first-order valence-corrected chi connectivity index (χ1v) is 7.01. The van der Waals surface area contributed by atoms with Gasteiger partial charge >= 0.3 is 5.97 Å². The zero-order chi connectivity index (χ0) is 15.0. The molecule has 0 spiro atoms. The van der Waals surface area contributed by atoms with Gasteiger partial charge in [0.1, 0.15) is 0 Å². The van der Waals surface area contributed by atoms with Crippen molar-refractivity contribution in [2.24, 2.45) is 0 Å². The summed E-state index contributed by atoms with van der Waals surface area (Å²) >= 11 is 0. The minimum atomic E-state index is -0.851. The number of hydrogen-bond acceptors (Lipinski definition) is 4. The van der Waals surface area contributed by atoms with E-state index in [4.69, 9.17) is 5.11 Å². The normalized spacial score (nSPS) is 11.3. The van der Waals surface area contributed by atoms with Crippen LogP contribution in [-0.2, 0) is 24.1 Å². The van der Waals surface area contributed by atoms with E-state index in [9.17, 15) is 4.79 Å². The first-order chi connectivity index (χ1) is 10.2. The highest BCUT2D eigenvalue weighted by Crippen LogP contribution is 2.23. The van der Waals surface area contributed by atoms with E-state index < -0.39 is 5.97 Å². The summed E-state index contributed by atoms with van der Waals surface area (Å²) in [5, 5.41) is 14.5. The minimum Gasteiger partial charge on any atom is -0.481 e. The zero-order valence-corrected chi connectivity index (χ0v) is 12.0. The molecular formula is C15H16N4O2. The number of carboxylic acids is 1. The molecule has 1 N–H and O–H groups in total. The van der Waals surface area contributed by atoms with Crippen LogP contribution in [0.4, 0.5) is 0 Å². The third kappa shape index (κ3) is 2.12. The predicted octanol–water partition coefficient (Wildman–Crippen LogP) is 2.03. The molecule has 21 heavy (non-hydrogen) atoms. The number of aromatic nitrogens is 4. The van der Waals surface area contributed by atoms with Gasteiger partial charge in [0.05, 0.1) is 11.8 Å². The summed E-state index contributed by atoms with van der Waals surface area (Å²) in [5.74, 6) is -0.851. The van der Waals surface area contributed by atoms with E-state index in [-0.39, 0.29) is 6.42 Å². The molecule has 3 aromatic heterocycles. The first kappa shape index (κ1) is 13.5. The second-order valence-corrected chi connectivity index (χ2v) is 4.87. The molecule has 0 amide bonds. The van der Waals surface area contributed by atoms with Crippen LogP contribution in [0.25, 0.3) is 16.7 Å². The maximum absolute atomic E-state index is 11.1. The van der Waals surface area contributed by atoms with E-state index in [0.29, 0.717) is 18.5 Å². The van der Waals surface area contributed by atoms with Crippen LogP contribution in [0.3, 0.4) is 0 Å². The van der Waals surface area contributed by atoms with E-state index in [1.807, 2.05) is 26.0 Å². The van der Waals surface area contributed by atoms with Gasteiger partial charge in [-0.3, -0.25) is 4.79 Å². The van der Waals surface area contributed by atoms with Crippen LogP contribution in [0.15, 0.2) is 18.3 Å². The summed E-state index contributed by atoms with van der Waals surface area (Å²) < 4.78 is 1.75. The van der Waals surface area contributed by atoms with Crippen molar-refractivity contribution in [3.63, 3.8) is 0 Å². The van der Waals surface area contributed by atoms with Crippen molar-refractivity contribution in [3.05, 3.63) is 35.3 Å². The lowest BCUT2D eigenvalue weighted by Gasteiger charge is -2.12. The van der Waals surface area contributed by atoms with Gasteiger partial charge in [-0.1, -0.05) is 13.8 Å². The van der Waals surface area contributed by atoms with Crippen LogP contribution >= 0.6 is 0 Å². The van der Waals surface area contributed by atoms with Crippen LogP contribution in [0.5, 0.6) is 0 Å². The number of carbonyl (C=O) groups is 1. The number of carboxylic acid groups (broad SMARTS) is 1. The van der Waals surface area contributed by atoms with E-state index in [0.717, 1.165) is 28.0 Å². The Hall–Kier alpha value is -2.50. The molecule has 0 radical (unpaired) electrons.